The molecule has 2 aromatic carbocycles. The Morgan fingerprint density at radius 1 is 1.21 bits per heavy atom. The lowest BCUT2D eigenvalue weighted by atomic mass is 10.1. The number of hydrogen-bond acceptors (Lipinski definition) is 4. The van der Waals surface area contributed by atoms with Gasteiger partial charge in [0.2, 0.25) is 0 Å². The number of benzene rings is 2. The topological polar surface area (TPSA) is 48.7 Å². The van der Waals surface area contributed by atoms with E-state index in [0.29, 0.717) is 5.56 Å². The summed E-state index contributed by atoms with van der Waals surface area (Å²) in [6.45, 7) is 2.00. The van der Waals surface area contributed by atoms with Gasteiger partial charge < -0.3 is 5.32 Å². The molecule has 0 radical (unpaired) electrons. The Balaban J connectivity index is 2.01. The number of nitriles is 1. The third-order valence-corrected chi connectivity index (χ3v) is 3.78. The summed E-state index contributed by atoms with van der Waals surface area (Å²) in [5.41, 5.74) is 3.52. The molecule has 1 heterocycles. The molecule has 0 aliphatic rings. The summed E-state index contributed by atoms with van der Waals surface area (Å²) in [6.07, 6.45) is 0. The number of anilines is 2. The molecule has 3 aromatic rings. The molecule has 0 aliphatic heterocycles. The molecule has 1 aromatic heterocycles. The molecule has 0 fully saturated rings. The Bertz CT molecular complexity index is 750. The lowest BCUT2D eigenvalue weighted by Gasteiger charge is -2.05. The summed E-state index contributed by atoms with van der Waals surface area (Å²) in [5.74, 6) is 0. The fourth-order valence-electron chi connectivity index (χ4n) is 1.90. The van der Waals surface area contributed by atoms with Crippen LogP contribution in [0, 0.1) is 18.3 Å². The monoisotopic (exact) mass is 265 g/mol. The summed E-state index contributed by atoms with van der Waals surface area (Å²) in [7, 11) is 0. The second-order valence-corrected chi connectivity index (χ2v) is 5.30. The van der Waals surface area contributed by atoms with Crippen molar-refractivity contribution < 1.29 is 0 Å². The van der Waals surface area contributed by atoms with Crippen molar-refractivity contribution in [2.24, 2.45) is 0 Å². The fourth-order valence-corrected chi connectivity index (χ4v) is 2.78. The van der Waals surface area contributed by atoms with Crippen LogP contribution in [0.5, 0.6) is 0 Å². The summed E-state index contributed by atoms with van der Waals surface area (Å²) in [5, 5.41) is 13.2. The van der Waals surface area contributed by atoms with Crippen LogP contribution in [0.15, 0.2) is 42.5 Å². The van der Waals surface area contributed by atoms with Gasteiger partial charge in [0.25, 0.3) is 0 Å². The van der Waals surface area contributed by atoms with E-state index in [1.807, 2.05) is 49.4 Å². The van der Waals surface area contributed by atoms with Crippen molar-refractivity contribution >= 4 is 32.4 Å². The molecule has 0 saturated heterocycles. The van der Waals surface area contributed by atoms with Gasteiger partial charge in [-0.15, -0.1) is 0 Å². The molecule has 0 amide bonds. The third kappa shape index (κ3) is 2.28. The van der Waals surface area contributed by atoms with Crippen molar-refractivity contribution in [1.82, 2.24) is 4.98 Å². The van der Waals surface area contributed by atoms with E-state index >= 15 is 0 Å². The molecule has 19 heavy (non-hydrogen) atoms. The number of nitrogens with one attached hydrogen (secondary N) is 1. The number of fused-ring (bicyclic) bond motifs is 1. The van der Waals surface area contributed by atoms with Crippen molar-refractivity contribution in [3.63, 3.8) is 0 Å². The molecule has 3 nitrogen and oxygen atoms in total. The first-order chi connectivity index (χ1) is 9.26. The lowest BCUT2D eigenvalue weighted by Crippen LogP contribution is -1.93. The van der Waals surface area contributed by atoms with Gasteiger partial charge in [0.1, 0.15) is 6.07 Å². The number of para-hydroxylation sites is 1. The largest absolute Gasteiger partial charge is 0.330 e. The van der Waals surface area contributed by atoms with Crippen LogP contribution in [0.25, 0.3) is 10.2 Å². The fraction of sp³-hybridized carbons (Fsp3) is 0.0667. The maximum absolute atomic E-state index is 9.12. The van der Waals surface area contributed by atoms with Gasteiger partial charge in [0.15, 0.2) is 5.13 Å². The third-order valence-electron chi connectivity index (χ3n) is 2.83. The number of hydrogen-bond donors (Lipinski definition) is 1. The molecule has 0 spiro atoms. The minimum absolute atomic E-state index is 0.629. The van der Waals surface area contributed by atoms with Crippen LogP contribution in [0.1, 0.15) is 11.1 Å². The van der Waals surface area contributed by atoms with Crippen LogP contribution in [-0.4, -0.2) is 4.98 Å². The molecule has 0 saturated carbocycles. The summed E-state index contributed by atoms with van der Waals surface area (Å²) in [4.78, 5) is 4.51. The van der Waals surface area contributed by atoms with Crippen LogP contribution in [0.3, 0.4) is 0 Å². The number of nitrogens with zero attached hydrogens (tertiary/aromatic N) is 2. The smallest absolute Gasteiger partial charge is 0.188 e. The zero-order valence-electron chi connectivity index (χ0n) is 10.3. The Labute approximate surface area is 115 Å². The number of rotatable bonds is 2. The molecule has 0 atom stereocenters. The van der Waals surface area contributed by atoms with Gasteiger partial charge >= 0.3 is 0 Å². The molecular formula is C15H11N3S. The molecule has 0 aliphatic carbocycles. The average molecular weight is 265 g/mol. The van der Waals surface area contributed by atoms with E-state index in [2.05, 4.69) is 16.4 Å². The van der Waals surface area contributed by atoms with Crippen molar-refractivity contribution in [2.45, 2.75) is 6.92 Å². The molecule has 4 heteroatoms. The lowest BCUT2D eigenvalue weighted by molar-refractivity contribution is 1.39. The highest BCUT2D eigenvalue weighted by Gasteiger charge is 2.06. The van der Waals surface area contributed by atoms with Crippen molar-refractivity contribution in [3.05, 3.63) is 53.6 Å². The Morgan fingerprint density at radius 3 is 2.84 bits per heavy atom. The highest BCUT2D eigenvalue weighted by molar-refractivity contribution is 7.22. The van der Waals surface area contributed by atoms with E-state index < -0.39 is 0 Å². The minimum atomic E-state index is 0.629. The van der Waals surface area contributed by atoms with Crippen LogP contribution < -0.4 is 5.32 Å². The highest BCUT2D eigenvalue weighted by Crippen LogP contribution is 2.29. The van der Waals surface area contributed by atoms with Gasteiger partial charge in [0, 0.05) is 0 Å². The second-order valence-electron chi connectivity index (χ2n) is 4.27. The standard InChI is InChI=1S/C15H11N3S/c1-10-6-7-11(9-16)13(8-10)18-15-17-12-4-2-3-5-14(12)19-15/h2-8H,1H3,(H,17,18). The Hall–Kier alpha value is -2.38. The Kier molecular flexibility index (Phi) is 2.90. The van der Waals surface area contributed by atoms with Crippen molar-refractivity contribution in [1.29, 1.82) is 5.26 Å². The second kappa shape index (κ2) is 4.71. The van der Waals surface area contributed by atoms with E-state index in [1.54, 1.807) is 11.3 Å². The van der Waals surface area contributed by atoms with E-state index in [0.717, 1.165) is 26.6 Å². The van der Waals surface area contributed by atoms with Crippen molar-refractivity contribution in [2.75, 3.05) is 5.32 Å². The maximum Gasteiger partial charge on any atom is 0.188 e. The first-order valence-corrected chi connectivity index (χ1v) is 6.71. The molecule has 0 bridgehead atoms. The number of aromatic nitrogens is 1. The first kappa shape index (κ1) is 11.7. The molecule has 92 valence electrons. The summed E-state index contributed by atoms with van der Waals surface area (Å²) in [6, 6.07) is 15.9. The van der Waals surface area contributed by atoms with Crippen LogP contribution in [0.4, 0.5) is 10.8 Å². The first-order valence-electron chi connectivity index (χ1n) is 5.89. The van der Waals surface area contributed by atoms with E-state index in [4.69, 9.17) is 5.26 Å². The highest BCUT2D eigenvalue weighted by atomic mass is 32.1. The van der Waals surface area contributed by atoms with E-state index in [-0.39, 0.29) is 0 Å². The quantitative estimate of drug-likeness (QED) is 0.754. The molecule has 1 N–H and O–H groups in total. The molecule has 3 rings (SSSR count). The van der Waals surface area contributed by atoms with Gasteiger partial charge in [-0.25, -0.2) is 4.98 Å². The average Bonchev–Trinajstić information content (AvgIpc) is 2.81. The normalized spacial score (nSPS) is 10.3. The van der Waals surface area contributed by atoms with Gasteiger partial charge in [-0.1, -0.05) is 29.5 Å². The zero-order valence-corrected chi connectivity index (χ0v) is 11.2. The zero-order chi connectivity index (χ0) is 13.2. The van der Waals surface area contributed by atoms with Crippen LogP contribution in [-0.2, 0) is 0 Å². The Morgan fingerprint density at radius 2 is 2.05 bits per heavy atom. The minimum Gasteiger partial charge on any atom is -0.330 e. The van der Waals surface area contributed by atoms with Gasteiger partial charge in [-0.05, 0) is 36.8 Å². The van der Waals surface area contributed by atoms with Crippen LogP contribution in [0.2, 0.25) is 0 Å². The molecule has 0 unspecified atom stereocenters. The molecular weight excluding hydrogens is 254 g/mol. The number of thiazole rings is 1. The van der Waals surface area contributed by atoms with Gasteiger partial charge in [-0.2, -0.15) is 5.26 Å². The predicted molar refractivity (Wildman–Crippen MR) is 78.8 cm³/mol. The summed E-state index contributed by atoms with van der Waals surface area (Å²) >= 11 is 1.59. The van der Waals surface area contributed by atoms with E-state index in [9.17, 15) is 0 Å². The SMILES string of the molecule is Cc1ccc(C#N)c(Nc2nc3ccccc3s2)c1. The summed E-state index contributed by atoms with van der Waals surface area (Å²) < 4.78 is 1.14. The van der Waals surface area contributed by atoms with Crippen LogP contribution >= 0.6 is 11.3 Å². The van der Waals surface area contributed by atoms with Crippen molar-refractivity contribution in [3.8, 4) is 6.07 Å². The maximum atomic E-state index is 9.12. The van der Waals surface area contributed by atoms with Gasteiger partial charge in [-0.3, -0.25) is 0 Å². The van der Waals surface area contributed by atoms with E-state index in [1.165, 1.54) is 0 Å². The predicted octanol–water partition coefficient (Wildman–Crippen LogP) is 4.22. The van der Waals surface area contributed by atoms with Gasteiger partial charge in [0.05, 0.1) is 21.5 Å². The number of aryl methyl sites for hydroxylation is 1.